The standard InChI is InChI=1S/C16H22N2O5S/c1-3-23-16(20)13-8-4-5-9-14(13)17-15(19)12-7-6-10-18(11-12)24(2,21)22/h4-5,8-9,12H,3,6-7,10-11H2,1-2H3,(H,17,19)/t12-/m0/s1. The topological polar surface area (TPSA) is 92.8 Å². The van der Waals surface area contributed by atoms with E-state index in [4.69, 9.17) is 4.74 Å². The zero-order valence-corrected chi connectivity index (χ0v) is 14.6. The van der Waals surface area contributed by atoms with Crippen LogP contribution in [0.25, 0.3) is 0 Å². The molecule has 8 heteroatoms. The second-order valence-electron chi connectivity index (χ2n) is 5.72. The van der Waals surface area contributed by atoms with E-state index in [1.165, 1.54) is 4.31 Å². The van der Waals surface area contributed by atoms with Crippen LogP contribution in [0.3, 0.4) is 0 Å². The summed E-state index contributed by atoms with van der Waals surface area (Å²) >= 11 is 0. The molecule has 0 unspecified atom stereocenters. The van der Waals surface area contributed by atoms with E-state index in [0.717, 1.165) is 6.26 Å². The average molecular weight is 354 g/mol. The maximum atomic E-state index is 12.5. The highest BCUT2D eigenvalue weighted by Gasteiger charge is 2.30. The lowest BCUT2D eigenvalue weighted by atomic mass is 9.98. The van der Waals surface area contributed by atoms with Gasteiger partial charge in [-0.2, -0.15) is 0 Å². The Labute approximate surface area is 142 Å². The number of hydrogen-bond acceptors (Lipinski definition) is 5. The molecule has 0 spiro atoms. The summed E-state index contributed by atoms with van der Waals surface area (Å²) in [6, 6.07) is 6.61. The molecule has 1 fully saturated rings. The fraction of sp³-hybridized carbons (Fsp3) is 0.500. The molecule has 1 aliphatic rings. The zero-order chi connectivity index (χ0) is 17.7. The number of nitrogens with one attached hydrogen (secondary N) is 1. The molecular formula is C16H22N2O5S. The van der Waals surface area contributed by atoms with Crippen LogP contribution >= 0.6 is 0 Å². The number of hydrogen-bond donors (Lipinski definition) is 1. The van der Waals surface area contributed by atoms with Crippen molar-refractivity contribution >= 4 is 27.6 Å². The van der Waals surface area contributed by atoms with E-state index in [1.54, 1.807) is 31.2 Å². The smallest absolute Gasteiger partial charge is 0.340 e. The first-order valence-electron chi connectivity index (χ1n) is 7.85. The zero-order valence-electron chi connectivity index (χ0n) is 13.8. The van der Waals surface area contributed by atoms with Crippen molar-refractivity contribution in [1.29, 1.82) is 0 Å². The van der Waals surface area contributed by atoms with E-state index in [0.29, 0.717) is 25.1 Å². The lowest BCUT2D eigenvalue weighted by Gasteiger charge is -2.30. The molecule has 1 aromatic rings. The third-order valence-electron chi connectivity index (χ3n) is 3.90. The highest BCUT2D eigenvalue weighted by atomic mass is 32.2. The van der Waals surface area contributed by atoms with Gasteiger partial charge in [0.2, 0.25) is 15.9 Å². The monoisotopic (exact) mass is 354 g/mol. The highest BCUT2D eigenvalue weighted by molar-refractivity contribution is 7.88. The first-order valence-corrected chi connectivity index (χ1v) is 9.70. The number of nitrogens with zero attached hydrogens (tertiary/aromatic N) is 1. The largest absolute Gasteiger partial charge is 0.462 e. The molecule has 0 saturated carbocycles. The highest BCUT2D eigenvalue weighted by Crippen LogP contribution is 2.22. The average Bonchev–Trinajstić information content (AvgIpc) is 2.55. The maximum Gasteiger partial charge on any atom is 0.340 e. The number of rotatable bonds is 5. The van der Waals surface area contributed by atoms with Crippen molar-refractivity contribution in [3.05, 3.63) is 29.8 Å². The minimum absolute atomic E-state index is 0.159. The summed E-state index contributed by atoms with van der Waals surface area (Å²) in [6.07, 6.45) is 2.38. The summed E-state index contributed by atoms with van der Waals surface area (Å²) in [5.41, 5.74) is 0.654. The molecule has 0 aromatic heterocycles. The normalized spacial score (nSPS) is 18.8. The molecule has 0 aliphatic carbocycles. The molecule has 0 radical (unpaired) electrons. The molecule has 132 valence electrons. The van der Waals surface area contributed by atoms with Crippen molar-refractivity contribution in [1.82, 2.24) is 4.31 Å². The van der Waals surface area contributed by atoms with E-state index >= 15 is 0 Å². The fourth-order valence-electron chi connectivity index (χ4n) is 2.67. The lowest BCUT2D eigenvalue weighted by Crippen LogP contribution is -2.43. The minimum atomic E-state index is -3.31. The number of amides is 1. The van der Waals surface area contributed by atoms with Crippen molar-refractivity contribution in [2.75, 3.05) is 31.3 Å². The van der Waals surface area contributed by atoms with Crippen LogP contribution in [0.5, 0.6) is 0 Å². The number of esters is 1. The van der Waals surface area contributed by atoms with Gasteiger partial charge in [0.25, 0.3) is 0 Å². The van der Waals surface area contributed by atoms with Gasteiger partial charge in [0.05, 0.1) is 30.0 Å². The summed E-state index contributed by atoms with van der Waals surface area (Å²) in [6.45, 7) is 2.54. The van der Waals surface area contributed by atoms with Crippen molar-refractivity contribution in [3.63, 3.8) is 0 Å². The number of anilines is 1. The summed E-state index contributed by atoms with van der Waals surface area (Å²) in [5.74, 6) is -1.24. The third kappa shape index (κ3) is 4.55. The first-order chi connectivity index (χ1) is 11.3. The number of carbonyl (C=O) groups excluding carboxylic acids is 2. The van der Waals surface area contributed by atoms with Gasteiger partial charge in [0, 0.05) is 13.1 Å². The van der Waals surface area contributed by atoms with Crippen LogP contribution in [-0.4, -0.2) is 50.6 Å². The number of benzene rings is 1. The van der Waals surface area contributed by atoms with Crippen LogP contribution in [-0.2, 0) is 19.6 Å². The van der Waals surface area contributed by atoms with Crippen LogP contribution in [0.1, 0.15) is 30.1 Å². The van der Waals surface area contributed by atoms with E-state index in [2.05, 4.69) is 5.32 Å². The van der Waals surface area contributed by atoms with Gasteiger partial charge in [-0.15, -0.1) is 0 Å². The van der Waals surface area contributed by atoms with Gasteiger partial charge in [-0.3, -0.25) is 4.79 Å². The quantitative estimate of drug-likeness (QED) is 0.809. The molecule has 1 saturated heterocycles. The Morgan fingerprint density at radius 3 is 2.71 bits per heavy atom. The van der Waals surface area contributed by atoms with Gasteiger partial charge in [0.15, 0.2) is 0 Å². The number of ether oxygens (including phenoxy) is 1. The fourth-order valence-corrected chi connectivity index (χ4v) is 3.58. The number of para-hydroxylation sites is 1. The van der Waals surface area contributed by atoms with Gasteiger partial charge < -0.3 is 10.1 Å². The van der Waals surface area contributed by atoms with Crippen LogP contribution in [0.15, 0.2) is 24.3 Å². The maximum absolute atomic E-state index is 12.5. The van der Waals surface area contributed by atoms with Gasteiger partial charge in [0.1, 0.15) is 0 Å². The molecule has 1 aromatic carbocycles. The summed E-state index contributed by atoms with van der Waals surface area (Å²) in [4.78, 5) is 24.4. The van der Waals surface area contributed by atoms with Crippen LogP contribution in [0.2, 0.25) is 0 Å². The van der Waals surface area contributed by atoms with E-state index in [9.17, 15) is 18.0 Å². The Bertz CT molecular complexity index is 717. The predicted octanol–water partition coefficient (Wildman–Crippen LogP) is 1.47. The second-order valence-corrected chi connectivity index (χ2v) is 7.70. The van der Waals surface area contributed by atoms with E-state index in [1.807, 2.05) is 0 Å². The van der Waals surface area contributed by atoms with Crippen molar-refractivity contribution < 1.29 is 22.7 Å². The molecule has 1 heterocycles. The molecule has 1 atom stereocenters. The van der Waals surface area contributed by atoms with Gasteiger partial charge in [-0.1, -0.05) is 12.1 Å². The Morgan fingerprint density at radius 2 is 2.04 bits per heavy atom. The summed E-state index contributed by atoms with van der Waals surface area (Å²) < 4.78 is 29.6. The second kappa shape index (κ2) is 7.76. The molecule has 7 nitrogen and oxygen atoms in total. The Hall–Kier alpha value is -1.93. The van der Waals surface area contributed by atoms with Crippen LogP contribution < -0.4 is 5.32 Å². The Kier molecular flexibility index (Phi) is 5.95. The summed E-state index contributed by atoms with van der Waals surface area (Å²) in [7, 11) is -3.31. The number of carbonyl (C=O) groups is 2. The SMILES string of the molecule is CCOC(=O)c1ccccc1NC(=O)[C@H]1CCCN(S(C)(=O)=O)C1. The summed E-state index contributed by atoms with van der Waals surface area (Å²) in [5, 5.41) is 2.73. The third-order valence-corrected chi connectivity index (χ3v) is 5.17. The van der Waals surface area contributed by atoms with Crippen molar-refractivity contribution in [2.24, 2.45) is 5.92 Å². The van der Waals surface area contributed by atoms with Crippen LogP contribution in [0, 0.1) is 5.92 Å². The van der Waals surface area contributed by atoms with Crippen molar-refractivity contribution in [3.8, 4) is 0 Å². The lowest BCUT2D eigenvalue weighted by molar-refractivity contribution is -0.120. The molecule has 2 rings (SSSR count). The molecule has 1 N–H and O–H groups in total. The Balaban J connectivity index is 2.11. The number of piperidine rings is 1. The van der Waals surface area contributed by atoms with Gasteiger partial charge in [-0.25, -0.2) is 17.5 Å². The van der Waals surface area contributed by atoms with Gasteiger partial charge in [-0.05, 0) is 31.9 Å². The molecule has 1 amide bonds. The van der Waals surface area contributed by atoms with Crippen molar-refractivity contribution in [2.45, 2.75) is 19.8 Å². The predicted molar refractivity (Wildman–Crippen MR) is 90.2 cm³/mol. The first kappa shape index (κ1) is 18.4. The minimum Gasteiger partial charge on any atom is -0.462 e. The van der Waals surface area contributed by atoms with E-state index in [-0.39, 0.29) is 24.6 Å². The molecule has 1 aliphatic heterocycles. The van der Waals surface area contributed by atoms with Crippen LogP contribution in [0.4, 0.5) is 5.69 Å². The van der Waals surface area contributed by atoms with E-state index < -0.39 is 21.9 Å². The Morgan fingerprint density at radius 1 is 1.33 bits per heavy atom. The molecule has 24 heavy (non-hydrogen) atoms. The molecular weight excluding hydrogens is 332 g/mol. The van der Waals surface area contributed by atoms with Gasteiger partial charge >= 0.3 is 5.97 Å². The number of sulfonamides is 1. The molecule has 0 bridgehead atoms.